The lowest BCUT2D eigenvalue weighted by Gasteiger charge is -2.32. The van der Waals surface area contributed by atoms with Crippen LogP contribution < -0.4 is 5.46 Å². The summed E-state index contributed by atoms with van der Waals surface area (Å²) in [6, 6.07) is 1.75. The fraction of sp³-hybridized carbons (Fsp3) is 0.615. The van der Waals surface area contributed by atoms with Crippen molar-refractivity contribution in [3.63, 3.8) is 0 Å². The Morgan fingerprint density at radius 1 is 1.20 bits per heavy atom. The lowest BCUT2D eigenvalue weighted by atomic mass is 9.77. The van der Waals surface area contributed by atoms with Gasteiger partial charge in [0.15, 0.2) is 9.84 Å². The number of nitrogens with zero attached hydrogens (tertiary/aromatic N) is 1. The van der Waals surface area contributed by atoms with Gasteiger partial charge in [0, 0.05) is 18.6 Å². The molecule has 0 spiro atoms. The van der Waals surface area contributed by atoms with Crippen molar-refractivity contribution in [1.29, 1.82) is 0 Å². The molecule has 1 fully saturated rings. The molecule has 0 unspecified atom stereocenters. The Morgan fingerprint density at radius 2 is 1.75 bits per heavy atom. The Balaban J connectivity index is 2.36. The van der Waals surface area contributed by atoms with Crippen molar-refractivity contribution in [2.24, 2.45) is 0 Å². The topological polar surface area (TPSA) is 65.5 Å². The maximum atomic E-state index is 11.5. The third-order valence-corrected chi connectivity index (χ3v) is 4.70. The van der Waals surface area contributed by atoms with Gasteiger partial charge in [0.25, 0.3) is 0 Å². The van der Waals surface area contributed by atoms with Crippen molar-refractivity contribution in [3.05, 3.63) is 24.0 Å². The zero-order valence-corrected chi connectivity index (χ0v) is 13.3. The van der Waals surface area contributed by atoms with Crippen LogP contribution in [0.3, 0.4) is 0 Å². The van der Waals surface area contributed by atoms with E-state index in [1.807, 2.05) is 27.7 Å². The first-order chi connectivity index (χ1) is 9.02. The Kier molecular flexibility index (Phi) is 3.73. The standard InChI is InChI=1S/C13H20BNO4S/c1-12(2)13(3,4)19-14(18-12)11-6-7-15-8-10(11)9-20(5,16)17/h6-8H,9H2,1-5H3. The van der Waals surface area contributed by atoms with Crippen LogP contribution in [0.4, 0.5) is 0 Å². The summed E-state index contributed by atoms with van der Waals surface area (Å²) < 4.78 is 34.9. The molecule has 0 aromatic carbocycles. The quantitative estimate of drug-likeness (QED) is 0.776. The molecule has 1 aliphatic heterocycles. The van der Waals surface area contributed by atoms with Gasteiger partial charge in [-0.25, -0.2) is 8.42 Å². The van der Waals surface area contributed by atoms with Crippen LogP contribution in [0.5, 0.6) is 0 Å². The first-order valence-corrected chi connectivity index (χ1v) is 8.54. The van der Waals surface area contributed by atoms with E-state index in [9.17, 15) is 8.42 Å². The molecular formula is C13H20BNO4S. The number of sulfone groups is 1. The Bertz CT molecular complexity index is 597. The molecular weight excluding hydrogens is 277 g/mol. The van der Waals surface area contributed by atoms with Crippen molar-refractivity contribution < 1.29 is 17.7 Å². The van der Waals surface area contributed by atoms with Crippen LogP contribution in [0.25, 0.3) is 0 Å². The van der Waals surface area contributed by atoms with E-state index in [2.05, 4.69) is 4.98 Å². The molecule has 0 bridgehead atoms. The fourth-order valence-electron chi connectivity index (χ4n) is 2.04. The number of pyridine rings is 1. The van der Waals surface area contributed by atoms with E-state index in [1.165, 1.54) is 6.26 Å². The summed E-state index contributed by atoms with van der Waals surface area (Å²) in [5, 5.41) is 0. The highest BCUT2D eigenvalue weighted by atomic mass is 32.2. The summed E-state index contributed by atoms with van der Waals surface area (Å²) in [6.45, 7) is 7.85. The molecule has 7 heteroatoms. The van der Waals surface area contributed by atoms with Gasteiger partial charge in [-0.1, -0.05) is 0 Å². The van der Waals surface area contributed by atoms with Gasteiger partial charge in [0.05, 0.1) is 17.0 Å². The first-order valence-electron chi connectivity index (χ1n) is 6.48. The molecule has 110 valence electrons. The van der Waals surface area contributed by atoms with E-state index in [1.54, 1.807) is 18.5 Å². The number of rotatable bonds is 3. The van der Waals surface area contributed by atoms with E-state index in [4.69, 9.17) is 9.31 Å². The van der Waals surface area contributed by atoms with Gasteiger partial charge in [0.2, 0.25) is 0 Å². The second kappa shape index (κ2) is 4.82. The highest BCUT2D eigenvalue weighted by Gasteiger charge is 2.52. The van der Waals surface area contributed by atoms with E-state index in [0.29, 0.717) is 5.56 Å². The van der Waals surface area contributed by atoms with Crippen molar-refractivity contribution in [2.75, 3.05) is 6.26 Å². The maximum absolute atomic E-state index is 11.5. The Hall–Kier alpha value is -0.915. The summed E-state index contributed by atoms with van der Waals surface area (Å²) in [7, 11) is -3.71. The first kappa shape index (κ1) is 15.5. The summed E-state index contributed by atoms with van der Waals surface area (Å²) in [4.78, 5) is 4.00. The Labute approximate surface area is 120 Å². The average molecular weight is 297 g/mol. The summed E-state index contributed by atoms with van der Waals surface area (Å²) in [6.07, 6.45) is 4.38. The minimum Gasteiger partial charge on any atom is -0.399 e. The summed E-state index contributed by atoms with van der Waals surface area (Å²) >= 11 is 0. The van der Waals surface area contributed by atoms with Crippen LogP contribution in [0.15, 0.2) is 18.5 Å². The number of hydrogen-bond acceptors (Lipinski definition) is 5. The molecule has 1 aliphatic rings. The molecule has 1 saturated heterocycles. The molecule has 1 aromatic heterocycles. The maximum Gasteiger partial charge on any atom is 0.495 e. The molecule has 0 amide bonds. The molecule has 1 aromatic rings. The number of aromatic nitrogens is 1. The third-order valence-electron chi connectivity index (χ3n) is 3.87. The van der Waals surface area contributed by atoms with Gasteiger partial charge in [-0.05, 0) is 44.8 Å². The van der Waals surface area contributed by atoms with Crippen LogP contribution in [0, 0.1) is 0 Å². The second-order valence-electron chi connectivity index (χ2n) is 6.23. The zero-order valence-electron chi connectivity index (χ0n) is 12.5. The van der Waals surface area contributed by atoms with Crippen LogP contribution in [0.1, 0.15) is 33.3 Å². The lowest BCUT2D eigenvalue weighted by molar-refractivity contribution is 0.00578. The zero-order chi connectivity index (χ0) is 15.2. The molecule has 5 nitrogen and oxygen atoms in total. The number of hydrogen-bond donors (Lipinski definition) is 0. The molecule has 0 N–H and O–H groups in total. The van der Waals surface area contributed by atoms with Crippen molar-refractivity contribution in [1.82, 2.24) is 4.98 Å². The van der Waals surface area contributed by atoms with Crippen LogP contribution in [-0.4, -0.2) is 38.0 Å². The Morgan fingerprint density at radius 3 is 2.25 bits per heavy atom. The van der Waals surface area contributed by atoms with Gasteiger partial charge in [-0.2, -0.15) is 0 Å². The van der Waals surface area contributed by atoms with Crippen molar-refractivity contribution in [2.45, 2.75) is 44.6 Å². The largest absolute Gasteiger partial charge is 0.495 e. The predicted molar refractivity (Wildman–Crippen MR) is 78.5 cm³/mol. The van der Waals surface area contributed by atoms with Crippen molar-refractivity contribution in [3.8, 4) is 0 Å². The lowest BCUT2D eigenvalue weighted by Crippen LogP contribution is -2.41. The highest BCUT2D eigenvalue weighted by molar-refractivity contribution is 7.89. The van der Waals surface area contributed by atoms with Gasteiger partial charge in [-0.15, -0.1) is 0 Å². The second-order valence-corrected chi connectivity index (χ2v) is 8.37. The minimum absolute atomic E-state index is 0.0692. The van der Waals surface area contributed by atoms with E-state index in [0.717, 1.165) is 5.46 Å². The molecule has 2 rings (SSSR count). The summed E-state index contributed by atoms with van der Waals surface area (Å²) in [5.74, 6) is -0.0692. The van der Waals surface area contributed by atoms with Gasteiger partial charge in [-0.3, -0.25) is 4.98 Å². The van der Waals surface area contributed by atoms with Crippen molar-refractivity contribution >= 4 is 22.4 Å². The fourth-order valence-corrected chi connectivity index (χ4v) is 2.85. The van der Waals surface area contributed by atoms with Gasteiger partial charge < -0.3 is 9.31 Å². The monoisotopic (exact) mass is 297 g/mol. The molecule has 0 radical (unpaired) electrons. The predicted octanol–water partition coefficient (Wildman–Crippen LogP) is 0.925. The van der Waals surface area contributed by atoms with Crippen LogP contribution in [0.2, 0.25) is 0 Å². The molecule has 0 saturated carbocycles. The third kappa shape index (κ3) is 3.05. The smallest absolute Gasteiger partial charge is 0.399 e. The van der Waals surface area contributed by atoms with Gasteiger partial charge >= 0.3 is 7.12 Å². The normalized spacial score (nSPS) is 21.1. The minimum atomic E-state index is -3.14. The molecule has 20 heavy (non-hydrogen) atoms. The highest BCUT2D eigenvalue weighted by Crippen LogP contribution is 2.36. The molecule has 2 heterocycles. The van der Waals surface area contributed by atoms with E-state index < -0.39 is 28.2 Å². The average Bonchev–Trinajstić information content (AvgIpc) is 2.46. The molecule has 0 aliphatic carbocycles. The van der Waals surface area contributed by atoms with E-state index >= 15 is 0 Å². The van der Waals surface area contributed by atoms with E-state index in [-0.39, 0.29) is 5.75 Å². The van der Waals surface area contributed by atoms with Crippen LogP contribution >= 0.6 is 0 Å². The molecule has 0 atom stereocenters. The summed E-state index contributed by atoms with van der Waals surface area (Å²) in [5.41, 5.74) is 0.435. The SMILES string of the molecule is CC1(C)OB(c2ccncc2CS(C)(=O)=O)OC1(C)C. The van der Waals surface area contributed by atoms with Crippen LogP contribution in [-0.2, 0) is 24.9 Å². The van der Waals surface area contributed by atoms with Gasteiger partial charge in [0.1, 0.15) is 0 Å².